The van der Waals surface area contributed by atoms with E-state index in [1.54, 1.807) is 0 Å². The van der Waals surface area contributed by atoms with Gasteiger partial charge in [0.25, 0.3) is 0 Å². The van der Waals surface area contributed by atoms with Crippen molar-refractivity contribution in [3.8, 4) is 0 Å². The molecular formula is C18H25N3O6. The van der Waals surface area contributed by atoms with Gasteiger partial charge in [0.2, 0.25) is 5.96 Å². The zero-order valence-electron chi connectivity index (χ0n) is 15.7. The Labute approximate surface area is 157 Å². The van der Waals surface area contributed by atoms with Gasteiger partial charge in [-0.15, -0.1) is 0 Å². The fraction of sp³-hybridized carbons (Fsp3) is 0.444. The van der Waals surface area contributed by atoms with Crippen LogP contribution in [0.3, 0.4) is 0 Å². The van der Waals surface area contributed by atoms with Gasteiger partial charge in [-0.2, -0.15) is 0 Å². The molecule has 0 heterocycles. The van der Waals surface area contributed by atoms with Gasteiger partial charge in [-0.05, 0) is 17.9 Å². The van der Waals surface area contributed by atoms with E-state index in [4.69, 9.17) is 20.1 Å². The van der Waals surface area contributed by atoms with Gasteiger partial charge in [-0.3, -0.25) is 10.2 Å². The number of benzene rings is 1. The normalized spacial score (nSPS) is 10.2. The molecule has 0 saturated carbocycles. The van der Waals surface area contributed by atoms with Crippen molar-refractivity contribution in [2.24, 2.45) is 5.92 Å². The second-order valence-corrected chi connectivity index (χ2v) is 6.29. The lowest BCUT2D eigenvalue weighted by Crippen LogP contribution is -2.48. The van der Waals surface area contributed by atoms with E-state index >= 15 is 0 Å². The molecule has 0 unspecified atom stereocenters. The van der Waals surface area contributed by atoms with Crippen molar-refractivity contribution in [3.63, 3.8) is 0 Å². The number of aliphatic carboxylic acids is 1. The van der Waals surface area contributed by atoms with Gasteiger partial charge < -0.3 is 19.6 Å². The maximum absolute atomic E-state index is 12.2. The van der Waals surface area contributed by atoms with Crippen molar-refractivity contribution in [1.29, 1.82) is 5.41 Å². The van der Waals surface area contributed by atoms with Gasteiger partial charge >= 0.3 is 18.0 Å². The molecular weight excluding hydrogens is 354 g/mol. The third-order valence-electron chi connectivity index (χ3n) is 3.29. The number of carbonyl (C=O) groups is 3. The summed E-state index contributed by atoms with van der Waals surface area (Å²) in [5.74, 6) is -2.52. The number of nitrogens with zero attached hydrogens (tertiary/aromatic N) is 2. The van der Waals surface area contributed by atoms with Crippen LogP contribution in [-0.4, -0.2) is 59.3 Å². The minimum Gasteiger partial charge on any atom is -0.480 e. The van der Waals surface area contributed by atoms with Crippen molar-refractivity contribution < 1.29 is 29.1 Å². The summed E-state index contributed by atoms with van der Waals surface area (Å²) in [7, 11) is 1.29. The third-order valence-corrected chi connectivity index (χ3v) is 3.29. The van der Waals surface area contributed by atoms with Crippen molar-refractivity contribution in [1.82, 2.24) is 9.96 Å². The van der Waals surface area contributed by atoms with Crippen molar-refractivity contribution >= 4 is 24.0 Å². The highest BCUT2D eigenvalue weighted by molar-refractivity contribution is 5.93. The summed E-state index contributed by atoms with van der Waals surface area (Å²) in [6.07, 6.45) is -0.681. The Balaban J connectivity index is 2.76. The summed E-state index contributed by atoms with van der Waals surface area (Å²) in [5.41, 5.74) is 0.918. The Morgan fingerprint density at radius 1 is 1.19 bits per heavy atom. The Morgan fingerprint density at radius 2 is 1.81 bits per heavy atom. The molecule has 1 amide bonds. The second-order valence-electron chi connectivity index (χ2n) is 6.29. The lowest BCUT2D eigenvalue weighted by Gasteiger charge is -2.26. The van der Waals surface area contributed by atoms with Crippen LogP contribution in [0, 0.1) is 11.3 Å². The molecule has 0 spiro atoms. The Hall–Kier alpha value is -3.10. The summed E-state index contributed by atoms with van der Waals surface area (Å²) >= 11 is 0. The van der Waals surface area contributed by atoms with Crippen LogP contribution in [0.25, 0.3) is 0 Å². The monoisotopic (exact) mass is 379 g/mol. The van der Waals surface area contributed by atoms with Gasteiger partial charge in [0.05, 0.1) is 13.0 Å². The summed E-state index contributed by atoms with van der Waals surface area (Å²) in [4.78, 5) is 41.1. The molecule has 0 aliphatic rings. The minimum atomic E-state index is -1.20. The summed E-state index contributed by atoms with van der Waals surface area (Å²) in [5, 5.41) is 17.2. The molecule has 9 heteroatoms. The van der Waals surface area contributed by atoms with Crippen LogP contribution in [0.5, 0.6) is 0 Å². The quantitative estimate of drug-likeness (QED) is 0.423. The van der Waals surface area contributed by atoms with E-state index in [2.05, 4.69) is 0 Å². The number of hydroxylamine groups is 2. The van der Waals surface area contributed by atoms with E-state index in [9.17, 15) is 14.4 Å². The fourth-order valence-corrected chi connectivity index (χ4v) is 1.93. The SMILES string of the molecule is CC(C)COC(=O)N(OC(=O)CCc1ccccc1)C(=N)N(C)CC(=O)O. The number of hydrogen-bond donors (Lipinski definition) is 2. The summed E-state index contributed by atoms with van der Waals surface area (Å²) < 4.78 is 5.00. The largest absolute Gasteiger partial charge is 0.480 e. The highest BCUT2D eigenvalue weighted by atomic mass is 16.8. The lowest BCUT2D eigenvalue weighted by molar-refractivity contribution is -0.169. The molecule has 0 saturated heterocycles. The molecule has 2 N–H and O–H groups in total. The predicted octanol–water partition coefficient (Wildman–Crippen LogP) is 2.12. The summed E-state index contributed by atoms with van der Waals surface area (Å²) in [6.45, 7) is 3.16. The van der Waals surface area contributed by atoms with Crippen LogP contribution in [0.1, 0.15) is 25.8 Å². The van der Waals surface area contributed by atoms with Crippen LogP contribution >= 0.6 is 0 Å². The van der Waals surface area contributed by atoms with Gasteiger partial charge in [-0.25, -0.2) is 9.59 Å². The first-order chi connectivity index (χ1) is 12.7. The Kier molecular flexibility index (Phi) is 8.77. The fourth-order valence-electron chi connectivity index (χ4n) is 1.93. The predicted molar refractivity (Wildman–Crippen MR) is 96.9 cm³/mol. The van der Waals surface area contributed by atoms with Crippen molar-refractivity contribution in [2.45, 2.75) is 26.7 Å². The molecule has 0 aliphatic heterocycles. The Bertz CT molecular complexity index is 662. The van der Waals surface area contributed by atoms with Crippen molar-refractivity contribution in [3.05, 3.63) is 35.9 Å². The number of ether oxygens (including phenoxy) is 1. The van der Waals surface area contributed by atoms with Crippen LogP contribution in [0.15, 0.2) is 30.3 Å². The number of guanidine groups is 1. The zero-order chi connectivity index (χ0) is 20.4. The topological polar surface area (TPSA) is 120 Å². The third kappa shape index (κ3) is 8.21. The molecule has 1 rings (SSSR count). The first-order valence-electron chi connectivity index (χ1n) is 8.43. The number of aryl methyl sites for hydroxylation is 1. The number of nitrogens with one attached hydrogen (secondary N) is 1. The molecule has 9 nitrogen and oxygen atoms in total. The first kappa shape index (κ1) is 21.9. The van der Waals surface area contributed by atoms with Gasteiger partial charge in [0.15, 0.2) is 0 Å². The van der Waals surface area contributed by atoms with E-state index in [1.807, 2.05) is 44.2 Å². The molecule has 0 fully saturated rings. The molecule has 0 aromatic heterocycles. The van der Waals surface area contributed by atoms with E-state index in [0.717, 1.165) is 10.5 Å². The molecule has 0 bridgehead atoms. The standard InChI is InChI=1S/C18H25N3O6/c1-13(2)12-26-18(25)21(17(19)20(3)11-15(22)23)27-16(24)10-9-14-7-5-4-6-8-14/h4-8,13,19H,9-12H2,1-3H3,(H,22,23). The van der Waals surface area contributed by atoms with Gasteiger partial charge in [0.1, 0.15) is 6.54 Å². The first-order valence-corrected chi connectivity index (χ1v) is 8.43. The van der Waals surface area contributed by atoms with E-state index in [-0.39, 0.29) is 18.9 Å². The zero-order valence-corrected chi connectivity index (χ0v) is 15.7. The minimum absolute atomic E-state index is 0.0199. The second kappa shape index (κ2) is 10.8. The van der Waals surface area contributed by atoms with Gasteiger partial charge in [0, 0.05) is 7.05 Å². The van der Waals surface area contributed by atoms with Crippen molar-refractivity contribution in [2.75, 3.05) is 20.2 Å². The number of carboxylic acids is 1. The molecule has 27 heavy (non-hydrogen) atoms. The number of amides is 1. The number of likely N-dealkylation sites (N-methyl/N-ethyl adjacent to an activating group) is 1. The number of hydrogen-bond acceptors (Lipinski definition) is 6. The highest BCUT2D eigenvalue weighted by Crippen LogP contribution is 2.08. The molecule has 0 atom stereocenters. The van der Waals surface area contributed by atoms with Crippen LogP contribution < -0.4 is 0 Å². The molecule has 1 aromatic rings. The average molecular weight is 379 g/mol. The molecule has 0 radical (unpaired) electrons. The molecule has 0 aliphatic carbocycles. The van der Waals surface area contributed by atoms with E-state index < -0.39 is 30.5 Å². The number of rotatable bonds is 7. The Morgan fingerprint density at radius 3 is 2.37 bits per heavy atom. The molecule has 148 valence electrons. The lowest BCUT2D eigenvalue weighted by atomic mass is 10.1. The van der Waals surface area contributed by atoms with Crippen LogP contribution in [0.4, 0.5) is 4.79 Å². The maximum Gasteiger partial charge on any atom is 0.451 e. The number of carboxylic acid groups (broad SMARTS) is 1. The van der Waals surface area contributed by atoms with E-state index in [0.29, 0.717) is 11.5 Å². The summed E-state index contributed by atoms with van der Waals surface area (Å²) in [6, 6.07) is 9.24. The average Bonchev–Trinajstić information content (AvgIpc) is 2.62. The highest BCUT2D eigenvalue weighted by Gasteiger charge is 2.28. The van der Waals surface area contributed by atoms with E-state index in [1.165, 1.54) is 7.05 Å². The van der Waals surface area contributed by atoms with Gasteiger partial charge in [-0.1, -0.05) is 49.2 Å². The smallest absolute Gasteiger partial charge is 0.451 e. The molecule has 1 aromatic carbocycles. The maximum atomic E-state index is 12.2. The van der Waals surface area contributed by atoms with Crippen LogP contribution in [-0.2, 0) is 25.6 Å². The van der Waals surface area contributed by atoms with Crippen LogP contribution in [0.2, 0.25) is 0 Å². The number of carbonyl (C=O) groups excluding carboxylic acids is 2.